The lowest BCUT2D eigenvalue weighted by Crippen LogP contribution is -2.77. The molecule has 2 heterocycles. The first-order valence-corrected chi connectivity index (χ1v) is 12.3. The van der Waals surface area contributed by atoms with Crippen LogP contribution < -0.4 is 0 Å². The predicted molar refractivity (Wildman–Crippen MR) is 113 cm³/mol. The van der Waals surface area contributed by atoms with Crippen LogP contribution in [0.2, 0.25) is 0 Å². The number of methoxy groups -OCH3 is 2. The van der Waals surface area contributed by atoms with Crippen molar-refractivity contribution in [1.82, 2.24) is 9.88 Å². The van der Waals surface area contributed by atoms with E-state index in [0.29, 0.717) is 5.69 Å². The summed E-state index contributed by atoms with van der Waals surface area (Å²) in [6.07, 6.45) is 8.92. The minimum Gasteiger partial charge on any atom is -0.364 e. The molecule has 0 N–H and O–H groups in total. The molecular formula is C21H32N2O7S. The van der Waals surface area contributed by atoms with Crippen molar-refractivity contribution < 1.29 is 31.6 Å². The number of likely N-dealkylation sites (tertiary alicyclic amines) is 1. The SMILES string of the molecule is COCO[C@@]1(Cc2cc(CCCC3CC3)ccn2)C(=O)N(COC)[C@H]1COS(C)(=O)=O. The van der Waals surface area contributed by atoms with Crippen LogP contribution in [-0.4, -0.2) is 76.5 Å². The summed E-state index contributed by atoms with van der Waals surface area (Å²) in [5, 5.41) is 0. The van der Waals surface area contributed by atoms with Crippen LogP contribution in [-0.2, 0) is 46.1 Å². The van der Waals surface area contributed by atoms with Crippen molar-refractivity contribution in [3.8, 4) is 0 Å². The summed E-state index contributed by atoms with van der Waals surface area (Å²) in [5.41, 5.74) is 0.533. The van der Waals surface area contributed by atoms with Crippen molar-refractivity contribution in [2.75, 3.05) is 40.6 Å². The normalized spacial score (nSPS) is 23.8. The van der Waals surface area contributed by atoms with Crippen molar-refractivity contribution in [3.63, 3.8) is 0 Å². The monoisotopic (exact) mass is 456 g/mol. The van der Waals surface area contributed by atoms with Gasteiger partial charge in [0.2, 0.25) is 0 Å². The molecule has 9 nitrogen and oxygen atoms in total. The van der Waals surface area contributed by atoms with Crippen LogP contribution in [0.1, 0.15) is 36.9 Å². The summed E-state index contributed by atoms with van der Waals surface area (Å²) in [6.45, 7) is -0.356. The Hall–Kier alpha value is -1.59. The van der Waals surface area contributed by atoms with E-state index < -0.39 is 21.8 Å². The molecule has 2 fully saturated rings. The third-order valence-corrected chi connectivity index (χ3v) is 6.34. The van der Waals surface area contributed by atoms with Gasteiger partial charge in [-0.1, -0.05) is 19.3 Å². The van der Waals surface area contributed by atoms with Gasteiger partial charge in [-0.3, -0.25) is 14.0 Å². The van der Waals surface area contributed by atoms with Crippen molar-refractivity contribution in [2.45, 2.75) is 50.2 Å². The molecule has 1 saturated carbocycles. The molecule has 2 atom stereocenters. The van der Waals surface area contributed by atoms with Gasteiger partial charge in [-0.25, -0.2) is 0 Å². The Morgan fingerprint density at radius 3 is 2.68 bits per heavy atom. The van der Waals surface area contributed by atoms with Gasteiger partial charge in [0.25, 0.3) is 16.0 Å². The molecule has 0 spiro atoms. The summed E-state index contributed by atoms with van der Waals surface area (Å²) >= 11 is 0. The third kappa shape index (κ3) is 6.23. The first kappa shape index (κ1) is 24.1. The lowest BCUT2D eigenvalue weighted by Gasteiger charge is -2.54. The Kier molecular flexibility index (Phi) is 8.03. The van der Waals surface area contributed by atoms with Gasteiger partial charge in [0.1, 0.15) is 13.5 Å². The van der Waals surface area contributed by atoms with Crippen molar-refractivity contribution in [1.29, 1.82) is 0 Å². The van der Waals surface area contributed by atoms with E-state index in [1.807, 2.05) is 12.1 Å². The molecule has 1 aliphatic heterocycles. The Labute approximate surface area is 184 Å². The second-order valence-electron chi connectivity index (χ2n) is 8.31. The molecule has 1 saturated heterocycles. The zero-order chi connectivity index (χ0) is 22.5. The van der Waals surface area contributed by atoms with Crippen molar-refractivity contribution >= 4 is 16.0 Å². The van der Waals surface area contributed by atoms with Gasteiger partial charge in [0.05, 0.1) is 18.9 Å². The number of hydrogen-bond donors (Lipinski definition) is 0. The quantitative estimate of drug-likeness (QED) is 0.236. The molecule has 2 aliphatic rings. The molecule has 1 amide bonds. The molecule has 1 aromatic heterocycles. The zero-order valence-corrected chi connectivity index (χ0v) is 19.2. The van der Waals surface area contributed by atoms with E-state index >= 15 is 0 Å². The van der Waals surface area contributed by atoms with E-state index in [4.69, 9.17) is 18.4 Å². The molecule has 3 rings (SSSR count). The Morgan fingerprint density at radius 1 is 1.26 bits per heavy atom. The lowest BCUT2D eigenvalue weighted by atomic mass is 9.78. The summed E-state index contributed by atoms with van der Waals surface area (Å²) < 4.78 is 44.2. The number of aromatic nitrogens is 1. The maximum absolute atomic E-state index is 13.1. The second kappa shape index (κ2) is 10.4. The molecule has 0 radical (unpaired) electrons. The van der Waals surface area contributed by atoms with Gasteiger partial charge >= 0.3 is 0 Å². The molecular weight excluding hydrogens is 424 g/mol. The van der Waals surface area contributed by atoms with E-state index in [1.165, 1.54) is 38.4 Å². The van der Waals surface area contributed by atoms with Crippen LogP contribution in [0.5, 0.6) is 0 Å². The number of pyridine rings is 1. The fourth-order valence-electron chi connectivity index (χ4n) is 4.03. The average molecular weight is 457 g/mol. The molecule has 0 bridgehead atoms. The fourth-order valence-corrected chi connectivity index (χ4v) is 4.41. The Balaban J connectivity index is 1.78. The van der Waals surface area contributed by atoms with Crippen LogP contribution in [0, 0.1) is 5.92 Å². The predicted octanol–water partition coefficient (Wildman–Crippen LogP) is 1.51. The molecule has 0 unspecified atom stereocenters. The molecule has 174 valence electrons. The van der Waals surface area contributed by atoms with Crippen LogP contribution in [0.3, 0.4) is 0 Å². The number of nitrogens with zero attached hydrogens (tertiary/aromatic N) is 2. The van der Waals surface area contributed by atoms with Crippen LogP contribution >= 0.6 is 0 Å². The highest BCUT2D eigenvalue weighted by Gasteiger charge is 2.62. The highest BCUT2D eigenvalue weighted by molar-refractivity contribution is 7.85. The van der Waals surface area contributed by atoms with E-state index in [-0.39, 0.29) is 32.5 Å². The number of rotatable bonds is 14. The van der Waals surface area contributed by atoms with Gasteiger partial charge in [0.15, 0.2) is 5.60 Å². The van der Waals surface area contributed by atoms with Gasteiger partial charge in [-0.05, 0) is 36.5 Å². The molecule has 1 aliphatic carbocycles. The third-order valence-electron chi connectivity index (χ3n) is 5.78. The number of β-lactam (4-membered cyclic amide) rings is 1. The number of ether oxygens (including phenoxy) is 3. The van der Waals surface area contributed by atoms with E-state index in [2.05, 4.69) is 4.98 Å². The molecule has 0 aromatic carbocycles. The van der Waals surface area contributed by atoms with E-state index in [9.17, 15) is 13.2 Å². The highest BCUT2D eigenvalue weighted by Crippen LogP contribution is 2.38. The first-order valence-electron chi connectivity index (χ1n) is 10.5. The maximum atomic E-state index is 13.1. The van der Waals surface area contributed by atoms with E-state index in [1.54, 1.807) is 6.20 Å². The highest BCUT2D eigenvalue weighted by atomic mass is 32.2. The Morgan fingerprint density at radius 2 is 2.03 bits per heavy atom. The largest absolute Gasteiger partial charge is 0.364 e. The summed E-state index contributed by atoms with van der Waals surface area (Å²) in [7, 11) is -0.769. The number of hydrogen-bond acceptors (Lipinski definition) is 8. The van der Waals surface area contributed by atoms with Gasteiger partial charge in [-0.15, -0.1) is 0 Å². The lowest BCUT2D eigenvalue weighted by molar-refractivity contribution is -0.236. The number of amides is 1. The second-order valence-corrected chi connectivity index (χ2v) is 9.95. The number of aryl methyl sites for hydroxylation is 1. The Bertz CT molecular complexity index is 859. The van der Waals surface area contributed by atoms with Crippen LogP contribution in [0.4, 0.5) is 0 Å². The standard InChI is InChI=1S/C21H32N2O7S/c1-27-14-23-19(13-30-31(3,25)26)21(20(23)24,29-15-28-2)12-18-11-17(9-10-22-18)6-4-5-16-7-8-16/h9-11,16,19H,4-8,12-15H2,1-3H3/t19-,21+/m0/s1. The minimum absolute atomic E-state index is 0.00332. The molecule has 31 heavy (non-hydrogen) atoms. The summed E-state index contributed by atoms with van der Waals surface area (Å²) in [6, 6.07) is 3.32. The average Bonchev–Trinajstić information content (AvgIpc) is 3.54. The molecule has 1 aromatic rings. The topological polar surface area (TPSA) is 104 Å². The van der Waals surface area contributed by atoms with Crippen molar-refractivity contribution in [3.05, 3.63) is 29.6 Å². The fraction of sp³-hybridized carbons (Fsp3) is 0.714. The maximum Gasteiger partial charge on any atom is 0.264 e. The van der Waals surface area contributed by atoms with Gasteiger partial charge in [0, 0.05) is 32.5 Å². The summed E-state index contributed by atoms with van der Waals surface area (Å²) in [5.74, 6) is 0.580. The zero-order valence-electron chi connectivity index (χ0n) is 18.4. The first-order chi connectivity index (χ1) is 14.8. The minimum atomic E-state index is -3.70. The number of carbonyl (C=O) groups excluding carboxylic acids is 1. The smallest absolute Gasteiger partial charge is 0.264 e. The summed E-state index contributed by atoms with van der Waals surface area (Å²) in [4.78, 5) is 18.9. The molecule has 10 heteroatoms. The van der Waals surface area contributed by atoms with Gasteiger partial charge < -0.3 is 19.1 Å². The number of carbonyl (C=O) groups is 1. The van der Waals surface area contributed by atoms with E-state index in [0.717, 1.165) is 30.6 Å². The van der Waals surface area contributed by atoms with Crippen molar-refractivity contribution in [2.24, 2.45) is 5.92 Å². The van der Waals surface area contributed by atoms with Gasteiger partial charge in [-0.2, -0.15) is 8.42 Å². The van der Waals surface area contributed by atoms with Crippen LogP contribution in [0.15, 0.2) is 18.3 Å². The van der Waals surface area contributed by atoms with Crippen LogP contribution in [0.25, 0.3) is 0 Å².